The van der Waals surface area contributed by atoms with Crippen molar-refractivity contribution in [3.05, 3.63) is 96.0 Å². The lowest BCUT2D eigenvalue weighted by molar-refractivity contribution is 0.280. The first kappa shape index (κ1) is 19.3. The van der Waals surface area contributed by atoms with Crippen LogP contribution in [0.2, 0.25) is 0 Å². The predicted octanol–water partition coefficient (Wildman–Crippen LogP) is 4.30. The Morgan fingerprint density at radius 2 is 1.90 bits per heavy atom. The molecule has 2 aromatic carbocycles. The van der Waals surface area contributed by atoms with E-state index in [0.717, 1.165) is 44.0 Å². The molecule has 0 aromatic heterocycles. The smallest absolute Gasteiger partial charge is 0.115 e. The normalized spacial score (nSPS) is 18.9. The molecule has 2 aliphatic rings. The Kier molecular flexibility index (Phi) is 5.70. The fourth-order valence-electron chi connectivity index (χ4n) is 4.10. The maximum absolute atomic E-state index is 4.98. The third-order valence-electron chi connectivity index (χ3n) is 5.78. The third-order valence-corrected chi connectivity index (χ3v) is 5.78. The fourth-order valence-corrected chi connectivity index (χ4v) is 4.10. The van der Waals surface area contributed by atoms with Gasteiger partial charge in [-0.05, 0) is 37.3 Å². The van der Waals surface area contributed by atoms with Crippen molar-refractivity contribution in [2.24, 2.45) is 5.10 Å². The van der Waals surface area contributed by atoms with E-state index >= 15 is 0 Å². The molecule has 0 amide bonds. The van der Waals surface area contributed by atoms with E-state index in [9.17, 15) is 0 Å². The Labute approximate surface area is 174 Å². The average molecular weight is 387 g/mol. The van der Waals surface area contributed by atoms with Gasteiger partial charge in [0.15, 0.2) is 0 Å². The van der Waals surface area contributed by atoms with Crippen molar-refractivity contribution in [3.8, 4) is 0 Å². The molecular weight excluding hydrogens is 356 g/mol. The summed E-state index contributed by atoms with van der Waals surface area (Å²) in [5, 5.41) is 10.5. The molecule has 0 radical (unpaired) electrons. The zero-order valence-corrected chi connectivity index (χ0v) is 17.3. The second-order valence-electron chi connectivity index (χ2n) is 7.92. The van der Waals surface area contributed by atoms with Gasteiger partial charge < -0.3 is 10.2 Å². The highest BCUT2D eigenvalue weighted by Gasteiger charge is 2.35. The monoisotopic (exact) mass is 386 g/mol. The zero-order valence-electron chi connectivity index (χ0n) is 17.3. The van der Waals surface area contributed by atoms with Gasteiger partial charge in [0.25, 0.3) is 0 Å². The highest BCUT2D eigenvalue weighted by atomic mass is 15.5. The van der Waals surface area contributed by atoms with Gasteiger partial charge in [-0.2, -0.15) is 5.10 Å². The predicted molar refractivity (Wildman–Crippen MR) is 121 cm³/mol. The standard InChI is InChI=1S/C25H30N4/c1-19-11-13-23(14-12-19)25-24(28-17-7-8-20(28)2)18-29(27-25)21(3)26-16-15-22-9-5-4-6-10-22/h4-6,9-14,24,26H,2-3,7-8,15-18H2,1H3. The SMILES string of the molecule is C=C(NCCc1ccccc1)N1CC(N2CCCC2=C)C(c2ccc(C)cc2)=N1. The van der Waals surface area contributed by atoms with E-state index in [1.807, 2.05) is 11.1 Å². The van der Waals surface area contributed by atoms with Crippen molar-refractivity contribution in [2.75, 3.05) is 19.6 Å². The highest BCUT2D eigenvalue weighted by molar-refractivity contribution is 6.05. The number of likely N-dealkylation sites (tertiary alicyclic amines) is 1. The molecule has 0 spiro atoms. The molecule has 4 rings (SSSR count). The lowest BCUT2D eigenvalue weighted by atomic mass is 10.0. The summed E-state index contributed by atoms with van der Waals surface area (Å²) in [5.41, 5.74) is 6.10. The minimum Gasteiger partial charge on any atom is -0.370 e. The number of nitrogens with zero attached hydrogens (tertiary/aromatic N) is 3. The van der Waals surface area contributed by atoms with Crippen LogP contribution in [0.25, 0.3) is 0 Å². The molecule has 1 unspecified atom stereocenters. The molecule has 0 bridgehead atoms. The molecule has 0 aliphatic carbocycles. The van der Waals surface area contributed by atoms with Gasteiger partial charge in [0.2, 0.25) is 0 Å². The van der Waals surface area contributed by atoms with Crippen LogP contribution < -0.4 is 5.32 Å². The topological polar surface area (TPSA) is 30.9 Å². The van der Waals surface area contributed by atoms with Crippen LogP contribution in [-0.4, -0.2) is 41.3 Å². The van der Waals surface area contributed by atoms with Gasteiger partial charge in [-0.25, -0.2) is 5.01 Å². The Morgan fingerprint density at radius 3 is 2.59 bits per heavy atom. The van der Waals surface area contributed by atoms with E-state index in [-0.39, 0.29) is 6.04 Å². The van der Waals surface area contributed by atoms with Crippen LogP contribution in [0.1, 0.15) is 29.5 Å². The summed E-state index contributed by atoms with van der Waals surface area (Å²) < 4.78 is 0. The van der Waals surface area contributed by atoms with Gasteiger partial charge in [-0.1, -0.05) is 73.3 Å². The lowest BCUT2D eigenvalue weighted by Gasteiger charge is -2.29. The molecule has 1 fully saturated rings. The highest BCUT2D eigenvalue weighted by Crippen LogP contribution is 2.29. The molecule has 4 heteroatoms. The number of rotatable bonds is 7. The van der Waals surface area contributed by atoms with Crippen LogP contribution in [-0.2, 0) is 6.42 Å². The Balaban J connectivity index is 1.47. The van der Waals surface area contributed by atoms with E-state index < -0.39 is 0 Å². The summed E-state index contributed by atoms with van der Waals surface area (Å²) in [6.45, 7) is 13.4. The van der Waals surface area contributed by atoms with Crippen LogP contribution in [0, 0.1) is 6.92 Å². The number of allylic oxidation sites excluding steroid dienone is 1. The Hall–Kier alpha value is -3.01. The summed E-state index contributed by atoms with van der Waals surface area (Å²) in [6.07, 6.45) is 3.22. The first-order valence-corrected chi connectivity index (χ1v) is 10.5. The third kappa shape index (κ3) is 4.37. The number of aryl methyl sites for hydroxylation is 1. The van der Waals surface area contributed by atoms with E-state index in [1.165, 1.54) is 28.8 Å². The summed E-state index contributed by atoms with van der Waals surface area (Å²) in [5.74, 6) is 0.859. The van der Waals surface area contributed by atoms with Crippen LogP contribution >= 0.6 is 0 Å². The van der Waals surface area contributed by atoms with Gasteiger partial charge in [0.05, 0.1) is 18.3 Å². The first-order chi connectivity index (χ1) is 14.1. The summed E-state index contributed by atoms with van der Waals surface area (Å²) >= 11 is 0. The number of hydrogen-bond donors (Lipinski definition) is 1. The largest absolute Gasteiger partial charge is 0.370 e. The summed E-state index contributed by atoms with van der Waals surface area (Å²) in [7, 11) is 0. The fraction of sp³-hybridized carbons (Fsp3) is 0.320. The van der Waals surface area contributed by atoms with E-state index in [0.29, 0.717) is 0 Å². The van der Waals surface area contributed by atoms with Crippen molar-refractivity contribution in [1.82, 2.24) is 15.2 Å². The van der Waals surface area contributed by atoms with E-state index in [2.05, 4.69) is 78.8 Å². The van der Waals surface area contributed by atoms with E-state index in [4.69, 9.17) is 5.10 Å². The van der Waals surface area contributed by atoms with Crippen LogP contribution in [0.4, 0.5) is 0 Å². The van der Waals surface area contributed by atoms with Crippen LogP contribution in [0.3, 0.4) is 0 Å². The van der Waals surface area contributed by atoms with Crippen molar-refractivity contribution in [1.29, 1.82) is 0 Å². The van der Waals surface area contributed by atoms with Crippen molar-refractivity contribution < 1.29 is 0 Å². The quantitative estimate of drug-likeness (QED) is 0.770. The summed E-state index contributed by atoms with van der Waals surface area (Å²) in [4.78, 5) is 2.43. The maximum Gasteiger partial charge on any atom is 0.115 e. The number of hydrazone groups is 1. The van der Waals surface area contributed by atoms with Gasteiger partial charge >= 0.3 is 0 Å². The molecule has 1 atom stereocenters. The number of hydrogen-bond acceptors (Lipinski definition) is 4. The molecule has 29 heavy (non-hydrogen) atoms. The van der Waals surface area contributed by atoms with Crippen molar-refractivity contribution in [3.63, 3.8) is 0 Å². The minimum absolute atomic E-state index is 0.223. The molecule has 2 aliphatic heterocycles. The average Bonchev–Trinajstić information content (AvgIpc) is 3.35. The molecule has 4 nitrogen and oxygen atoms in total. The van der Waals surface area contributed by atoms with Gasteiger partial charge in [0.1, 0.15) is 5.82 Å². The molecule has 0 saturated carbocycles. The molecule has 2 aromatic rings. The number of benzene rings is 2. The van der Waals surface area contributed by atoms with Crippen LogP contribution in [0.5, 0.6) is 0 Å². The lowest BCUT2D eigenvalue weighted by Crippen LogP contribution is -2.41. The van der Waals surface area contributed by atoms with Gasteiger partial charge in [-0.15, -0.1) is 0 Å². The second-order valence-corrected chi connectivity index (χ2v) is 7.92. The Bertz CT molecular complexity index is 898. The van der Waals surface area contributed by atoms with Gasteiger partial charge in [-0.3, -0.25) is 0 Å². The summed E-state index contributed by atoms with van der Waals surface area (Å²) in [6, 6.07) is 19.4. The molecule has 1 saturated heterocycles. The zero-order chi connectivity index (χ0) is 20.2. The molecule has 2 heterocycles. The number of nitrogens with one attached hydrogen (secondary N) is 1. The van der Waals surface area contributed by atoms with Crippen molar-refractivity contribution >= 4 is 5.71 Å². The molecular formula is C25H30N4. The Morgan fingerprint density at radius 1 is 1.14 bits per heavy atom. The second kappa shape index (κ2) is 8.56. The first-order valence-electron chi connectivity index (χ1n) is 10.5. The van der Waals surface area contributed by atoms with Gasteiger partial charge in [0, 0.05) is 18.8 Å². The molecule has 150 valence electrons. The minimum atomic E-state index is 0.223. The molecule has 1 N–H and O–H groups in total. The van der Waals surface area contributed by atoms with E-state index in [1.54, 1.807) is 0 Å². The maximum atomic E-state index is 4.98. The van der Waals surface area contributed by atoms with Crippen molar-refractivity contribution in [2.45, 2.75) is 32.2 Å². The van der Waals surface area contributed by atoms with Crippen LogP contribution in [0.15, 0.2) is 84.4 Å².